The lowest BCUT2D eigenvalue weighted by Gasteiger charge is -2.11. The first-order valence-electron chi connectivity index (χ1n) is 9.00. The van der Waals surface area contributed by atoms with Crippen molar-refractivity contribution in [2.24, 2.45) is 4.99 Å². The van der Waals surface area contributed by atoms with Crippen LogP contribution in [0.2, 0.25) is 0 Å². The summed E-state index contributed by atoms with van der Waals surface area (Å²) in [6.45, 7) is 6.30. The Morgan fingerprint density at radius 1 is 1.08 bits per heavy atom. The zero-order chi connectivity index (χ0) is 17.7. The lowest BCUT2D eigenvalue weighted by Crippen LogP contribution is -2.38. The lowest BCUT2D eigenvalue weighted by molar-refractivity contribution is 0.0487. The van der Waals surface area contributed by atoms with E-state index in [4.69, 9.17) is 9.47 Å². The molecule has 0 spiro atoms. The Kier molecular flexibility index (Phi) is 8.86. The molecule has 0 atom stereocenters. The summed E-state index contributed by atoms with van der Waals surface area (Å²) < 4.78 is 11.0. The van der Waals surface area contributed by atoms with Crippen LogP contribution in [-0.2, 0) is 16.0 Å². The standard InChI is InChI=1S/C19H30N4O2/c1-3-4-10-24-12-13-25-11-9-21-19(20-2)22-15-17-14-16-7-5-6-8-18(16)23-17/h5-8,14,23H,3-4,9-13,15H2,1-2H3,(H2,20,21,22). The fraction of sp³-hybridized carbons (Fsp3) is 0.526. The molecule has 138 valence electrons. The highest BCUT2D eigenvalue weighted by atomic mass is 16.5. The van der Waals surface area contributed by atoms with Crippen LogP contribution in [0.25, 0.3) is 10.9 Å². The first kappa shape index (κ1) is 19.3. The molecule has 0 unspecified atom stereocenters. The lowest BCUT2D eigenvalue weighted by atomic mass is 10.2. The van der Waals surface area contributed by atoms with Crippen LogP contribution in [0.3, 0.4) is 0 Å². The van der Waals surface area contributed by atoms with E-state index in [-0.39, 0.29) is 0 Å². The fourth-order valence-electron chi connectivity index (χ4n) is 2.44. The second kappa shape index (κ2) is 11.5. The van der Waals surface area contributed by atoms with Crippen molar-refractivity contribution in [3.8, 4) is 0 Å². The number of guanidine groups is 1. The SMILES string of the molecule is CCCCOCCOCCNC(=NC)NCc1cc2ccccc2[nH]1. The molecule has 0 aliphatic rings. The summed E-state index contributed by atoms with van der Waals surface area (Å²) in [5.74, 6) is 0.765. The fourth-order valence-corrected chi connectivity index (χ4v) is 2.44. The number of unbranched alkanes of at least 4 members (excludes halogenated alkanes) is 1. The van der Waals surface area contributed by atoms with Gasteiger partial charge in [-0.25, -0.2) is 0 Å². The van der Waals surface area contributed by atoms with E-state index in [1.807, 2.05) is 12.1 Å². The van der Waals surface area contributed by atoms with E-state index < -0.39 is 0 Å². The van der Waals surface area contributed by atoms with E-state index >= 15 is 0 Å². The molecule has 0 radical (unpaired) electrons. The normalized spacial score (nSPS) is 11.8. The summed E-state index contributed by atoms with van der Waals surface area (Å²) in [4.78, 5) is 7.62. The number of para-hydroxylation sites is 1. The molecule has 6 heteroatoms. The van der Waals surface area contributed by atoms with E-state index in [1.54, 1.807) is 7.05 Å². The molecule has 2 aromatic rings. The van der Waals surface area contributed by atoms with Gasteiger partial charge in [0.05, 0.1) is 26.4 Å². The molecule has 0 saturated carbocycles. The Labute approximate surface area is 150 Å². The van der Waals surface area contributed by atoms with Gasteiger partial charge in [0.2, 0.25) is 0 Å². The number of benzene rings is 1. The van der Waals surface area contributed by atoms with Gasteiger partial charge in [0.1, 0.15) is 0 Å². The van der Waals surface area contributed by atoms with Gasteiger partial charge in [-0.3, -0.25) is 4.99 Å². The number of hydrogen-bond acceptors (Lipinski definition) is 3. The van der Waals surface area contributed by atoms with Crippen LogP contribution in [0.4, 0.5) is 0 Å². The molecule has 25 heavy (non-hydrogen) atoms. The molecule has 0 fully saturated rings. The highest BCUT2D eigenvalue weighted by molar-refractivity contribution is 5.81. The average Bonchev–Trinajstić information content (AvgIpc) is 3.05. The Balaban J connectivity index is 1.58. The van der Waals surface area contributed by atoms with E-state index in [2.05, 4.69) is 45.7 Å². The van der Waals surface area contributed by atoms with Crippen molar-refractivity contribution in [1.82, 2.24) is 15.6 Å². The van der Waals surface area contributed by atoms with Crippen molar-refractivity contribution in [2.75, 3.05) is 40.0 Å². The summed E-state index contributed by atoms with van der Waals surface area (Å²) in [6, 6.07) is 10.4. The van der Waals surface area contributed by atoms with Gasteiger partial charge >= 0.3 is 0 Å². The van der Waals surface area contributed by atoms with Gasteiger partial charge in [0.15, 0.2) is 5.96 Å². The molecule has 6 nitrogen and oxygen atoms in total. The number of ether oxygens (including phenoxy) is 2. The minimum Gasteiger partial charge on any atom is -0.379 e. The van der Waals surface area contributed by atoms with Crippen LogP contribution in [0, 0.1) is 0 Å². The topological polar surface area (TPSA) is 70.7 Å². The zero-order valence-corrected chi connectivity index (χ0v) is 15.3. The van der Waals surface area contributed by atoms with Crippen molar-refractivity contribution < 1.29 is 9.47 Å². The number of nitrogens with zero attached hydrogens (tertiary/aromatic N) is 1. The predicted molar refractivity (Wildman–Crippen MR) is 103 cm³/mol. The number of aliphatic imine (C=N–C) groups is 1. The van der Waals surface area contributed by atoms with E-state index in [1.165, 1.54) is 5.39 Å². The van der Waals surface area contributed by atoms with Crippen LogP contribution < -0.4 is 10.6 Å². The summed E-state index contributed by atoms with van der Waals surface area (Å²) in [5, 5.41) is 7.76. The minimum atomic E-state index is 0.629. The van der Waals surface area contributed by atoms with Crippen LogP contribution in [0.15, 0.2) is 35.3 Å². The third kappa shape index (κ3) is 7.15. The maximum atomic E-state index is 5.53. The molecule has 0 aliphatic heterocycles. The van der Waals surface area contributed by atoms with Gasteiger partial charge in [0, 0.05) is 31.4 Å². The molecule has 0 amide bonds. The highest BCUT2D eigenvalue weighted by Crippen LogP contribution is 2.14. The molecule has 1 aromatic carbocycles. The van der Waals surface area contributed by atoms with E-state index in [9.17, 15) is 0 Å². The molecule has 1 heterocycles. The summed E-state index contributed by atoms with van der Waals surface area (Å²) in [5.41, 5.74) is 2.28. The van der Waals surface area contributed by atoms with Crippen LogP contribution >= 0.6 is 0 Å². The molecular formula is C19H30N4O2. The first-order valence-corrected chi connectivity index (χ1v) is 9.00. The maximum Gasteiger partial charge on any atom is 0.191 e. The average molecular weight is 346 g/mol. The van der Waals surface area contributed by atoms with Crippen molar-refractivity contribution in [3.63, 3.8) is 0 Å². The molecule has 0 aliphatic carbocycles. The third-order valence-electron chi connectivity index (χ3n) is 3.81. The summed E-state index contributed by atoms with van der Waals surface area (Å²) in [7, 11) is 1.77. The monoisotopic (exact) mass is 346 g/mol. The third-order valence-corrected chi connectivity index (χ3v) is 3.81. The first-order chi connectivity index (χ1) is 12.3. The van der Waals surface area contributed by atoms with Crippen LogP contribution in [0.5, 0.6) is 0 Å². The second-order valence-electron chi connectivity index (χ2n) is 5.81. The highest BCUT2D eigenvalue weighted by Gasteiger charge is 2.02. The van der Waals surface area contributed by atoms with Gasteiger partial charge in [-0.05, 0) is 23.9 Å². The number of hydrogen-bond donors (Lipinski definition) is 3. The van der Waals surface area contributed by atoms with Crippen molar-refractivity contribution >= 4 is 16.9 Å². The summed E-state index contributed by atoms with van der Waals surface area (Å²) >= 11 is 0. The molecular weight excluding hydrogens is 316 g/mol. The van der Waals surface area contributed by atoms with Gasteiger partial charge < -0.3 is 25.1 Å². The van der Waals surface area contributed by atoms with Crippen LogP contribution in [-0.4, -0.2) is 51.0 Å². The molecule has 0 bridgehead atoms. The Bertz CT molecular complexity index is 606. The smallest absolute Gasteiger partial charge is 0.191 e. The van der Waals surface area contributed by atoms with Crippen molar-refractivity contribution in [1.29, 1.82) is 0 Å². The second-order valence-corrected chi connectivity index (χ2v) is 5.81. The summed E-state index contributed by atoms with van der Waals surface area (Å²) in [6.07, 6.45) is 2.27. The van der Waals surface area contributed by atoms with Crippen molar-refractivity contribution in [2.45, 2.75) is 26.3 Å². The predicted octanol–water partition coefficient (Wildman–Crippen LogP) is 2.67. The largest absolute Gasteiger partial charge is 0.379 e. The number of aromatic amines is 1. The van der Waals surface area contributed by atoms with Gasteiger partial charge in [-0.1, -0.05) is 31.5 Å². The Morgan fingerprint density at radius 2 is 1.88 bits per heavy atom. The molecule has 1 aromatic heterocycles. The van der Waals surface area contributed by atoms with E-state index in [0.29, 0.717) is 32.9 Å². The maximum absolute atomic E-state index is 5.53. The van der Waals surface area contributed by atoms with E-state index in [0.717, 1.165) is 36.6 Å². The molecule has 2 rings (SSSR count). The number of nitrogens with one attached hydrogen (secondary N) is 3. The number of fused-ring (bicyclic) bond motifs is 1. The number of aromatic nitrogens is 1. The Morgan fingerprint density at radius 3 is 2.64 bits per heavy atom. The van der Waals surface area contributed by atoms with Gasteiger partial charge in [-0.2, -0.15) is 0 Å². The zero-order valence-electron chi connectivity index (χ0n) is 15.3. The number of rotatable bonds is 11. The number of H-pyrrole nitrogens is 1. The Hall–Kier alpha value is -2.05. The van der Waals surface area contributed by atoms with Gasteiger partial charge in [0.25, 0.3) is 0 Å². The van der Waals surface area contributed by atoms with Gasteiger partial charge in [-0.15, -0.1) is 0 Å². The molecule has 0 saturated heterocycles. The minimum absolute atomic E-state index is 0.629. The molecule has 3 N–H and O–H groups in total. The van der Waals surface area contributed by atoms with Crippen LogP contribution in [0.1, 0.15) is 25.5 Å². The van der Waals surface area contributed by atoms with Crippen molar-refractivity contribution in [3.05, 3.63) is 36.0 Å². The quantitative estimate of drug-likeness (QED) is 0.332.